The maximum Gasteiger partial charge on any atom is 0.324 e. The lowest BCUT2D eigenvalue weighted by molar-refractivity contribution is -0.146. The number of urea groups is 1. The third kappa shape index (κ3) is 3.87. The van der Waals surface area contributed by atoms with Crippen molar-refractivity contribution in [1.29, 1.82) is 0 Å². The van der Waals surface area contributed by atoms with E-state index in [-0.39, 0.29) is 18.4 Å². The number of ether oxygens (including phenoxy) is 1. The Kier molecular flexibility index (Phi) is 5.40. The van der Waals surface area contributed by atoms with Crippen molar-refractivity contribution < 1.29 is 19.1 Å². The Balaban J connectivity index is 2.53. The fraction of sp³-hybridized carbons (Fsp3) is 0.727. The van der Waals surface area contributed by atoms with Gasteiger partial charge in [-0.15, -0.1) is 11.6 Å². The highest BCUT2D eigenvalue weighted by molar-refractivity contribution is 6.31. The molecule has 1 aliphatic rings. The van der Waals surface area contributed by atoms with Gasteiger partial charge in [-0.05, 0) is 19.8 Å². The van der Waals surface area contributed by atoms with E-state index in [1.165, 1.54) is 18.9 Å². The van der Waals surface area contributed by atoms with Gasteiger partial charge >= 0.3 is 12.0 Å². The molecule has 0 saturated carbocycles. The van der Waals surface area contributed by atoms with E-state index in [9.17, 15) is 14.4 Å². The zero-order valence-corrected chi connectivity index (χ0v) is 11.2. The molecule has 3 amide bonds. The molecule has 0 bridgehead atoms. The summed E-state index contributed by atoms with van der Waals surface area (Å²) in [5.74, 6) is -1.19. The van der Waals surface area contributed by atoms with E-state index in [4.69, 9.17) is 11.6 Å². The van der Waals surface area contributed by atoms with Gasteiger partial charge in [0, 0.05) is 13.1 Å². The van der Waals surface area contributed by atoms with Crippen molar-refractivity contribution in [3.8, 4) is 0 Å². The second-order valence-electron chi connectivity index (χ2n) is 4.22. The van der Waals surface area contributed by atoms with Gasteiger partial charge in [-0.1, -0.05) is 0 Å². The first-order chi connectivity index (χ1) is 8.45. The van der Waals surface area contributed by atoms with Gasteiger partial charge in [-0.25, -0.2) is 4.79 Å². The minimum absolute atomic E-state index is 0.266. The second kappa shape index (κ2) is 6.58. The van der Waals surface area contributed by atoms with Crippen LogP contribution in [0.5, 0.6) is 0 Å². The smallest absolute Gasteiger partial charge is 0.324 e. The van der Waals surface area contributed by atoms with Gasteiger partial charge in [0.25, 0.3) is 0 Å². The zero-order valence-electron chi connectivity index (χ0n) is 10.4. The van der Waals surface area contributed by atoms with E-state index in [0.717, 1.165) is 0 Å². The number of methoxy groups -OCH3 is 1. The number of likely N-dealkylation sites (tertiary alicyclic amines) is 1. The van der Waals surface area contributed by atoms with Gasteiger partial charge in [-0.3, -0.25) is 14.9 Å². The van der Waals surface area contributed by atoms with E-state index in [0.29, 0.717) is 19.4 Å². The predicted octanol–water partition coefficient (Wildman–Crippen LogP) is 0.735. The summed E-state index contributed by atoms with van der Waals surface area (Å²) in [5.41, 5.74) is 0. The van der Waals surface area contributed by atoms with Crippen molar-refractivity contribution in [2.75, 3.05) is 20.2 Å². The molecular formula is C11H17ClN2O4. The number of nitrogens with zero attached hydrogens (tertiary/aromatic N) is 1. The number of hydrogen-bond donors (Lipinski definition) is 1. The Morgan fingerprint density at radius 3 is 2.67 bits per heavy atom. The molecule has 2 atom stereocenters. The molecule has 1 N–H and O–H groups in total. The number of rotatable bonds is 2. The van der Waals surface area contributed by atoms with E-state index in [2.05, 4.69) is 10.1 Å². The highest BCUT2D eigenvalue weighted by Crippen LogP contribution is 2.17. The van der Waals surface area contributed by atoms with Crippen LogP contribution in [0.15, 0.2) is 0 Å². The van der Waals surface area contributed by atoms with Crippen LogP contribution < -0.4 is 5.32 Å². The number of halogens is 1. The molecule has 0 spiro atoms. The standard InChI is InChI=1S/C11H17ClN2O4/c1-7(12)9(15)13-11(17)14-5-3-4-8(6-14)10(16)18-2/h7-8H,3-6H2,1-2H3,(H,13,15,17). The number of carbonyl (C=O) groups is 3. The molecule has 1 saturated heterocycles. The zero-order chi connectivity index (χ0) is 13.7. The van der Waals surface area contributed by atoms with Crippen LogP contribution >= 0.6 is 11.6 Å². The molecule has 18 heavy (non-hydrogen) atoms. The van der Waals surface area contributed by atoms with E-state index < -0.39 is 17.3 Å². The number of alkyl halides is 1. The minimum Gasteiger partial charge on any atom is -0.469 e. The third-order valence-electron chi connectivity index (χ3n) is 2.83. The Bertz CT molecular complexity index is 346. The number of esters is 1. The summed E-state index contributed by atoms with van der Waals surface area (Å²) < 4.78 is 4.65. The maximum absolute atomic E-state index is 11.8. The topological polar surface area (TPSA) is 75.7 Å². The van der Waals surface area contributed by atoms with E-state index >= 15 is 0 Å². The molecule has 1 heterocycles. The Morgan fingerprint density at radius 2 is 2.11 bits per heavy atom. The van der Waals surface area contributed by atoms with Crippen LogP contribution in [-0.4, -0.2) is 48.4 Å². The van der Waals surface area contributed by atoms with Crippen LogP contribution in [0.3, 0.4) is 0 Å². The normalized spacial score (nSPS) is 21.1. The molecule has 0 aliphatic carbocycles. The first-order valence-electron chi connectivity index (χ1n) is 5.77. The summed E-state index contributed by atoms with van der Waals surface area (Å²) >= 11 is 5.56. The van der Waals surface area contributed by atoms with Gasteiger partial charge in [0.15, 0.2) is 0 Å². The highest BCUT2D eigenvalue weighted by atomic mass is 35.5. The number of imide groups is 1. The molecule has 102 valence electrons. The average molecular weight is 277 g/mol. The van der Waals surface area contributed by atoms with Gasteiger partial charge in [-0.2, -0.15) is 0 Å². The molecule has 1 aliphatic heterocycles. The van der Waals surface area contributed by atoms with E-state index in [1.54, 1.807) is 0 Å². The van der Waals surface area contributed by atoms with E-state index in [1.807, 2.05) is 0 Å². The molecule has 2 unspecified atom stereocenters. The fourth-order valence-electron chi connectivity index (χ4n) is 1.80. The monoisotopic (exact) mass is 276 g/mol. The molecule has 1 fully saturated rings. The average Bonchev–Trinajstić information content (AvgIpc) is 2.37. The Hall–Kier alpha value is -1.30. The Labute approximate surface area is 111 Å². The number of hydrogen-bond acceptors (Lipinski definition) is 4. The molecule has 0 radical (unpaired) electrons. The third-order valence-corrected chi connectivity index (χ3v) is 3.03. The summed E-state index contributed by atoms with van der Waals surface area (Å²) in [4.78, 5) is 35.9. The van der Waals surface area contributed by atoms with Crippen molar-refractivity contribution in [3.63, 3.8) is 0 Å². The van der Waals surface area contributed by atoms with Crippen molar-refractivity contribution in [3.05, 3.63) is 0 Å². The molecule has 0 aromatic rings. The number of piperidine rings is 1. The van der Waals surface area contributed by atoms with Gasteiger partial charge in [0.2, 0.25) is 5.91 Å². The summed E-state index contributed by atoms with van der Waals surface area (Å²) in [5, 5.41) is 1.42. The quantitative estimate of drug-likeness (QED) is 0.596. The summed E-state index contributed by atoms with van der Waals surface area (Å²) in [6.07, 6.45) is 1.40. The predicted molar refractivity (Wildman–Crippen MR) is 65.2 cm³/mol. The van der Waals surface area contributed by atoms with Crippen LogP contribution in [0.25, 0.3) is 0 Å². The van der Waals surface area contributed by atoms with Crippen LogP contribution in [0.4, 0.5) is 4.79 Å². The first-order valence-corrected chi connectivity index (χ1v) is 6.21. The lowest BCUT2D eigenvalue weighted by atomic mass is 9.98. The largest absolute Gasteiger partial charge is 0.469 e. The van der Waals surface area contributed by atoms with Crippen molar-refractivity contribution >= 4 is 29.5 Å². The van der Waals surface area contributed by atoms with Crippen LogP contribution in [0.1, 0.15) is 19.8 Å². The molecule has 6 nitrogen and oxygen atoms in total. The molecule has 0 aromatic carbocycles. The maximum atomic E-state index is 11.8. The van der Waals surface area contributed by atoms with Crippen molar-refractivity contribution in [2.45, 2.75) is 25.1 Å². The molecule has 7 heteroatoms. The minimum atomic E-state index is -0.768. The Morgan fingerprint density at radius 1 is 1.44 bits per heavy atom. The first kappa shape index (κ1) is 14.8. The fourth-order valence-corrected chi connectivity index (χ4v) is 1.86. The lowest BCUT2D eigenvalue weighted by Crippen LogP contribution is -2.49. The second-order valence-corrected chi connectivity index (χ2v) is 4.87. The number of nitrogens with one attached hydrogen (secondary N) is 1. The number of carbonyl (C=O) groups excluding carboxylic acids is 3. The highest BCUT2D eigenvalue weighted by Gasteiger charge is 2.29. The molecular weight excluding hydrogens is 260 g/mol. The number of amides is 3. The van der Waals surface area contributed by atoms with Crippen LogP contribution in [-0.2, 0) is 14.3 Å². The van der Waals surface area contributed by atoms with Crippen LogP contribution in [0, 0.1) is 5.92 Å². The molecule has 1 rings (SSSR count). The van der Waals surface area contributed by atoms with Crippen molar-refractivity contribution in [1.82, 2.24) is 10.2 Å². The van der Waals surface area contributed by atoms with Crippen molar-refractivity contribution in [2.24, 2.45) is 5.92 Å². The SMILES string of the molecule is COC(=O)C1CCCN(C(=O)NC(=O)C(C)Cl)C1. The molecule has 0 aromatic heterocycles. The van der Waals surface area contributed by atoms with Gasteiger partial charge in [0.1, 0.15) is 5.38 Å². The summed E-state index contributed by atoms with van der Waals surface area (Å²) in [6.45, 7) is 2.27. The van der Waals surface area contributed by atoms with Gasteiger partial charge in [0.05, 0.1) is 13.0 Å². The van der Waals surface area contributed by atoms with Gasteiger partial charge < -0.3 is 9.64 Å². The summed E-state index contributed by atoms with van der Waals surface area (Å²) in [7, 11) is 1.32. The van der Waals surface area contributed by atoms with Crippen LogP contribution in [0.2, 0.25) is 0 Å². The summed E-state index contributed by atoms with van der Waals surface area (Å²) in [6, 6.07) is -0.513. The lowest BCUT2D eigenvalue weighted by Gasteiger charge is -2.31.